The fourth-order valence-corrected chi connectivity index (χ4v) is 3.06. The van der Waals surface area contributed by atoms with Crippen molar-refractivity contribution in [2.75, 3.05) is 13.1 Å². The van der Waals surface area contributed by atoms with Crippen LogP contribution in [0.2, 0.25) is 0 Å². The van der Waals surface area contributed by atoms with Gasteiger partial charge in [-0.05, 0) is 25.8 Å². The molecule has 1 aliphatic heterocycles. The fourth-order valence-electron chi connectivity index (χ4n) is 3.06. The first-order chi connectivity index (χ1) is 10.2. The summed E-state index contributed by atoms with van der Waals surface area (Å²) in [6.07, 6.45) is 3.13. The van der Waals surface area contributed by atoms with Crippen molar-refractivity contribution in [2.45, 2.75) is 38.9 Å². The van der Waals surface area contributed by atoms with Gasteiger partial charge in [0.05, 0.1) is 6.20 Å². The second kappa shape index (κ2) is 6.41. The zero-order valence-electron chi connectivity index (χ0n) is 12.8. The van der Waals surface area contributed by atoms with E-state index in [1.165, 1.54) is 17.5 Å². The third-order valence-corrected chi connectivity index (χ3v) is 4.56. The lowest BCUT2D eigenvalue weighted by Gasteiger charge is -2.24. The topological polar surface area (TPSA) is 44.0 Å². The fraction of sp³-hybridized carbons (Fsp3) is 0.471. The Labute approximate surface area is 126 Å². The summed E-state index contributed by atoms with van der Waals surface area (Å²) in [4.78, 5) is 2.56. The van der Waals surface area contributed by atoms with Gasteiger partial charge in [0.25, 0.3) is 0 Å². The standard InChI is InChI=1S/C17H24N4/c1-13-16(11-19-20-13)10-18-17-8-9-21(12-17)14(2)15-6-4-3-5-7-15/h3-7,11,14,17-18H,8-10,12H2,1-2H3,(H,19,20). The van der Waals surface area contributed by atoms with Gasteiger partial charge >= 0.3 is 0 Å². The summed E-state index contributed by atoms with van der Waals surface area (Å²) >= 11 is 0. The van der Waals surface area contributed by atoms with Crippen LogP contribution in [0.15, 0.2) is 36.5 Å². The number of H-pyrrole nitrogens is 1. The van der Waals surface area contributed by atoms with Crippen molar-refractivity contribution in [1.82, 2.24) is 20.4 Å². The maximum absolute atomic E-state index is 4.07. The van der Waals surface area contributed by atoms with Crippen LogP contribution in [0, 0.1) is 6.92 Å². The molecule has 0 spiro atoms. The summed E-state index contributed by atoms with van der Waals surface area (Å²) in [5.41, 5.74) is 3.84. The Bertz CT molecular complexity index is 563. The van der Waals surface area contributed by atoms with Gasteiger partial charge in [-0.2, -0.15) is 5.10 Å². The van der Waals surface area contributed by atoms with E-state index in [1.54, 1.807) is 0 Å². The molecule has 1 aromatic heterocycles. The number of rotatable bonds is 5. The van der Waals surface area contributed by atoms with Crippen LogP contribution in [0.5, 0.6) is 0 Å². The van der Waals surface area contributed by atoms with Crippen LogP contribution >= 0.6 is 0 Å². The zero-order valence-corrected chi connectivity index (χ0v) is 12.8. The molecule has 0 radical (unpaired) electrons. The first-order valence-corrected chi connectivity index (χ1v) is 7.75. The minimum absolute atomic E-state index is 0.494. The Hall–Kier alpha value is -1.65. The molecule has 1 fully saturated rings. The third kappa shape index (κ3) is 3.34. The van der Waals surface area contributed by atoms with Crippen LogP contribution in [0.3, 0.4) is 0 Å². The minimum atomic E-state index is 0.494. The van der Waals surface area contributed by atoms with Crippen LogP contribution < -0.4 is 5.32 Å². The summed E-state index contributed by atoms with van der Waals surface area (Å²) in [7, 11) is 0. The molecular formula is C17H24N4. The van der Waals surface area contributed by atoms with Crippen molar-refractivity contribution in [2.24, 2.45) is 0 Å². The van der Waals surface area contributed by atoms with Crippen molar-refractivity contribution < 1.29 is 0 Å². The molecule has 4 heteroatoms. The Morgan fingerprint density at radius 1 is 1.38 bits per heavy atom. The molecule has 2 atom stereocenters. The van der Waals surface area contributed by atoms with Crippen LogP contribution in [0.1, 0.15) is 36.2 Å². The minimum Gasteiger partial charge on any atom is -0.308 e. The first-order valence-electron chi connectivity index (χ1n) is 7.75. The van der Waals surface area contributed by atoms with Gasteiger partial charge in [0.2, 0.25) is 0 Å². The van der Waals surface area contributed by atoms with Gasteiger partial charge in [-0.15, -0.1) is 0 Å². The number of likely N-dealkylation sites (tertiary alicyclic amines) is 1. The summed E-state index contributed by atoms with van der Waals surface area (Å²) < 4.78 is 0. The molecule has 3 rings (SSSR count). The van der Waals surface area contributed by atoms with Crippen LogP contribution in [-0.2, 0) is 6.54 Å². The number of aromatic nitrogens is 2. The number of nitrogens with zero attached hydrogens (tertiary/aromatic N) is 2. The second-order valence-electron chi connectivity index (χ2n) is 5.97. The van der Waals surface area contributed by atoms with E-state index in [1.807, 2.05) is 6.20 Å². The van der Waals surface area contributed by atoms with Crippen molar-refractivity contribution in [3.63, 3.8) is 0 Å². The van der Waals surface area contributed by atoms with Gasteiger partial charge in [0.1, 0.15) is 0 Å². The molecule has 0 amide bonds. The number of nitrogens with one attached hydrogen (secondary N) is 2. The van der Waals surface area contributed by atoms with Gasteiger partial charge in [0.15, 0.2) is 0 Å². The first kappa shape index (κ1) is 14.3. The highest BCUT2D eigenvalue weighted by molar-refractivity contribution is 5.19. The summed E-state index contributed by atoms with van der Waals surface area (Å²) in [6, 6.07) is 11.8. The molecule has 0 bridgehead atoms. The van der Waals surface area contributed by atoms with E-state index in [0.717, 1.165) is 25.3 Å². The predicted octanol–water partition coefficient (Wildman–Crippen LogP) is 2.64. The largest absolute Gasteiger partial charge is 0.308 e. The van der Waals surface area contributed by atoms with Crippen molar-refractivity contribution in [3.05, 3.63) is 53.3 Å². The average Bonchev–Trinajstić information content (AvgIpc) is 3.14. The second-order valence-corrected chi connectivity index (χ2v) is 5.97. The van der Waals surface area contributed by atoms with E-state index in [0.29, 0.717) is 12.1 Å². The molecule has 1 saturated heterocycles. The molecule has 2 aromatic rings. The number of hydrogen-bond donors (Lipinski definition) is 2. The van der Waals surface area contributed by atoms with Gasteiger partial charge in [-0.25, -0.2) is 0 Å². The van der Waals surface area contributed by atoms with E-state index < -0.39 is 0 Å². The Morgan fingerprint density at radius 2 is 2.19 bits per heavy atom. The normalized spacial score (nSPS) is 20.8. The molecule has 1 aliphatic rings. The van der Waals surface area contributed by atoms with Gasteiger partial charge in [-0.1, -0.05) is 30.3 Å². The van der Waals surface area contributed by atoms with Gasteiger partial charge in [0, 0.05) is 43.0 Å². The maximum Gasteiger partial charge on any atom is 0.0535 e. The Balaban J connectivity index is 1.52. The number of benzene rings is 1. The van der Waals surface area contributed by atoms with E-state index in [-0.39, 0.29) is 0 Å². The highest BCUT2D eigenvalue weighted by atomic mass is 15.2. The SMILES string of the molecule is Cc1[nH]ncc1CNC1CCN(C(C)c2ccccc2)C1. The lowest BCUT2D eigenvalue weighted by atomic mass is 10.1. The van der Waals surface area contributed by atoms with E-state index in [9.17, 15) is 0 Å². The Morgan fingerprint density at radius 3 is 2.90 bits per heavy atom. The van der Waals surface area contributed by atoms with Crippen LogP contribution in [0.25, 0.3) is 0 Å². The van der Waals surface area contributed by atoms with Gasteiger partial charge in [-0.3, -0.25) is 10.00 Å². The molecule has 4 nitrogen and oxygen atoms in total. The highest BCUT2D eigenvalue weighted by Gasteiger charge is 2.26. The quantitative estimate of drug-likeness (QED) is 0.887. The van der Waals surface area contributed by atoms with E-state index >= 15 is 0 Å². The maximum atomic E-state index is 4.07. The number of hydrogen-bond acceptors (Lipinski definition) is 3. The third-order valence-electron chi connectivity index (χ3n) is 4.56. The molecule has 21 heavy (non-hydrogen) atoms. The molecule has 0 saturated carbocycles. The summed E-state index contributed by atoms with van der Waals surface area (Å²) in [6.45, 7) is 7.56. The van der Waals surface area contributed by atoms with Crippen molar-refractivity contribution in [1.29, 1.82) is 0 Å². The number of aromatic amines is 1. The lowest BCUT2D eigenvalue weighted by molar-refractivity contribution is 0.255. The van der Waals surface area contributed by atoms with Crippen molar-refractivity contribution in [3.8, 4) is 0 Å². The Kier molecular flexibility index (Phi) is 4.36. The number of aryl methyl sites for hydroxylation is 1. The van der Waals surface area contributed by atoms with Crippen LogP contribution in [-0.4, -0.2) is 34.2 Å². The molecule has 2 heterocycles. The molecular weight excluding hydrogens is 260 g/mol. The van der Waals surface area contributed by atoms with Gasteiger partial charge < -0.3 is 5.32 Å². The zero-order chi connectivity index (χ0) is 14.7. The summed E-state index contributed by atoms with van der Waals surface area (Å²) in [5.74, 6) is 0. The molecule has 2 unspecified atom stereocenters. The van der Waals surface area contributed by atoms with E-state index in [4.69, 9.17) is 0 Å². The van der Waals surface area contributed by atoms with Crippen LogP contribution in [0.4, 0.5) is 0 Å². The van der Waals surface area contributed by atoms with Crippen molar-refractivity contribution >= 4 is 0 Å². The smallest absolute Gasteiger partial charge is 0.0535 e. The molecule has 2 N–H and O–H groups in total. The summed E-state index contributed by atoms with van der Waals surface area (Å²) in [5, 5.41) is 10.7. The molecule has 1 aromatic carbocycles. The average molecular weight is 284 g/mol. The predicted molar refractivity (Wildman–Crippen MR) is 85.0 cm³/mol. The monoisotopic (exact) mass is 284 g/mol. The molecule has 0 aliphatic carbocycles. The highest BCUT2D eigenvalue weighted by Crippen LogP contribution is 2.24. The lowest BCUT2D eigenvalue weighted by Crippen LogP contribution is -2.33. The van der Waals surface area contributed by atoms with E-state index in [2.05, 4.69) is 64.6 Å². The molecule has 112 valence electrons.